The lowest BCUT2D eigenvalue weighted by molar-refractivity contribution is -0.384. The lowest BCUT2D eigenvalue weighted by Crippen LogP contribution is -2.04. The molecule has 4 aliphatic rings. The Morgan fingerprint density at radius 1 is 0.468 bits per heavy atom. The van der Waals surface area contributed by atoms with Crippen molar-refractivity contribution in [2.75, 3.05) is 7.11 Å². The minimum absolute atomic E-state index is 0.137. The fourth-order valence-corrected chi connectivity index (χ4v) is 10.2. The van der Waals surface area contributed by atoms with E-state index in [1.54, 1.807) is 55.6 Å². The Balaban J connectivity index is 0.000000510. The van der Waals surface area contributed by atoms with E-state index >= 15 is 0 Å². The zero-order chi connectivity index (χ0) is 68.6. The molecule has 11 heteroatoms. The van der Waals surface area contributed by atoms with Gasteiger partial charge in [-0.3, -0.25) is 10.1 Å². The number of nitro benzene ring substituents is 1. The lowest BCUT2D eigenvalue weighted by Gasteiger charge is -2.15. The van der Waals surface area contributed by atoms with Crippen molar-refractivity contribution >= 4 is 66.4 Å². The van der Waals surface area contributed by atoms with Crippen LogP contribution in [0.3, 0.4) is 0 Å². The van der Waals surface area contributed by atoms with Crippen LogP contribution < -0.4 is 4.74 Å². The summed E-state index contributed by atoms with van der Waals surface area (Å²) in [4.78, 5) is 13.7. The van der Waals surface area contributed by atoms with Crippen LogP contribution in [-0.4, -0.2) is 28.4 Å². The van der Waals surface area contributed by atoms with Gasteiger partial charge in [0.05, 0.1) is 18.6 Å². The monoisotopic (exact) mass is 1440 g/mol. The van der Waals surface area contributed by atoms with Gasteiger partial charge in [0, 0.05) is 31.8 Å². The molecule has 9 aromatic carbocycles. The molecule has 4 saturated carbocycles. The van der Waals surface area contributed by atoms with Crippen LogP contribution in [0.1, 0.15) is 146 Å². The van der Waals surface area contributed by atoms with Crippen LogP contribution in [0.2, 0.25) is 5.02 Å². The SMILES string of the molecule is BrC1CCCCC1.Brc1ccccc1.CC1CCCCC1.COc1ccccc1.Cc1ccccc1.Cc1ccccc1.ClC1CCCCC1.Clc1ccccc1.FC1CCCCC1.Fc1ccccc1.O=[N+]([O-])c1ccccc1.[C-]#[N+]c1ccccc1.c1ccccc1. The summed E-state index contributed by atoms with van der Waals surface area (Å²) in [5, 5.41) is 11.3. The maximum atomic E-state index is 12.2. The number of methoxy groups -OCH3 is 1. The summed E-state index contributed by atoms with van der Waals surface area (Å²) < 4.78 is 30.1. The molecule has 9 aromatic rings. The van der Waals surface area contributed by atoms with E-state index < -0.39 is 11.1 Å². The number of aryl methyl sites for hydroxylation is 2. The molecular weight excluding hydrogens is 1340 g/mol. The Labute approximate surface area is 592 Å². The fourth-order valence-electron chi connectivity index (χ4n) is 8.77. The van der Waals surface area contributed by atoms with E-state index in [4.69, 9.17) is 34.5 Å². The number of hydrogen-bond donors (Lipinski definition) is 0. The number of ether oxygens (including phenoxy) is 1. The van der Waals surface area contributed by atoms with Gasteiger partial charge >= 0.3 is 0 Å². The highest BCUT2D eigenvalue weighted by molar-refractivity contribution is 9.10. The van der Waals surface area contributed by atoms with Crippen LogP contribution in [0.25, 0.3) is 4.85 Å². The van der Waals surface area contributed by atoms with Crippen LogP contribution in [0.15, 0.2) is 284 Å². The molecule has 0 bridgehead atoms. The van der Waals surface area contributed by atoms with Gasteiger partial charge in [0.2, 0.25) is 0 Å². The molecule has 0 unspecified atom stereocenters. The molecule has 94 heavy (non-hydrogen) atoms. The molecule has 4 fully saturated rings. The first-order chi connectivity index (χ1) is 45.7. The van der Waals surface area contributed by atoms with Crippen molar-refractivity contribution in [3.05, 3.63) is 327 Å². The van der Waals surface area contributed by atoms with Gasteiger partial charge in [-0.25, -0.2) is 13.6 Å². The third kappa shape index (κ3) is 56.6. The van der Waals surface area contributed by atoms with E-state index in [0.717, 1.165) is 51.7 Å². The lowest BCUT2D eigenvalue weighted by atomic mass is 9.91. The zero-order valence-electron chi connectivity index (χ0n) is 55.9. The highest BCUT2D eigenvalue weighted by Crippen LogP contribution is 2.24. The van der Waals surface area contributed by atoms with Gasteiger partial charge in [-0.05, 0) is 107 Å². The van der Waals surface area contributed by atoms with Gasteiger partial charge in [0.15, 0.2) is 5.69 Å². The summed E-state index contributed by atoms with van der Waals surface area (Å²) >= 11 is 18.3. The van der Waals surface area contributed by atoms with Gasteiger partial charge in [-0.2, -0.15) is 0 Å². The average Bonchev–Trinajstić information content (AvgIpc) is 3.83. The summed E-state index contributed by atoms with van der Waals surface area (Å²) in [6, 6.07) is 86.7. The molecule has 0 amide bonds. The predicted molar refractivity (Wildman–Crippen MR) is 408 cm³/mol. The third-order valence-corrected chi connectivity index (χ3v) is 16.2. The molecule has 0 N–H and O–H groups in total. The number of hydrogen-bond acceptors (Lipinski definition) is 3. The highest BCUT2D eigenvalue weighted by Gasteiger charge is 2.11. The summed E-state index contributed by atoms with van der Waals surface area (Å²) in [7, 11) is 1.66. The molecule has 0 heterocycles. The maximum Gasteiger partial charge on any atom is 0.269 e. The first-order valence-corrected chi connectivity index (χ1v) is 35.5. The Morgan fingerprint density at radius 2 is 0.777 bits per heavy atom. The molecule has 4 aliphatic carbocycles. The number of para-hydroxylation sites is 3. The van der Waals surface area contributed by atoms with Crippen molar-refractivity contribution in [2.24, 2.45) is 5.92 Å². The predicted octanol–water partition coefficient (Wildman–Crippen LogP) is 28.0. The molecule has 5 nitrogen and oxygen atoms in total. The van der Waals surface area contributed by atoms with E-state index in [0.29, 0.717) is 11.1 Å². The quantitative estimate of drug-likeness (QED) is 0.0750. The number of nitro groups is 1. The summed E-state index contributed by atoms with van der Waals surface area (Å²) in [6.45, 7) is 13.1. The molecule has 13 rings (SSSR count). The molecule has 0 saturated heterocycles. The number of non-ortho nitro benzene ring substituents is 1. The molecule has 0 spiro atoms. The maximum absolute atomic E-state index is 12.2. The van der Waals surface area contributed by atoms with E-state index in [-0.39, 0.29) is 11.5 Å². The fraction of sp³-hybridized carbons (Fsp3) is 0.337. The van der Waals surface area contributed by atoms with Crippen LogP contribution in [-0.2, 0) is 0 Å². The van der Waals surface area contributed by atoms with E-state index in [1.807, 2.05) is 182 Å². The van der Waals surface area contributed by atoms with Crippen molar-refractivity contribution in [3.63, 3.8) is 0 Å². The van der Waals surface area contributed by atoms with Crippen LogP contribution >= 0.6 is 55.1 Å². The number of alkyl halides is 3. The van der Waals surface area contributed by atoms with E-state index in [2.05, 4.69) is 81.7 Å². The van der Waals surface area contributed by atoms with E-state index in [1.165, 1.54) is 138 Å². The Hall–Kier alpha value is -6.93. The first kappa shape index (κ1) is 85.1. The molecule has 0 aliphatic heterocycles. The first-order valence-electron chi connectivity index (χ1n) is 33.0. The van der Waals surface area contributed by atoms with E-state index in [9.17, 15) is 18.9 Å². The second kappa shape index (κ2) is 62.2. The summed E-state index contributed by atoms with van der Waals surface area (Å²) in [5.41, 5.74) is 3.48. The van der Waals surface area contributed by atoms with Gasteiger partial charge in [-0.1, -0.05) is 370 Å². The minimum Gasteiger partial charge on any atom is -0.497 e. The van der Waals surface area contributed by atoms with Crippen molar-refractivity contribution in [3.8, 4) is 5.75 Å². The average molecular weight is 1440 g/mol. The van der Waals surface area contributed by atoms with Gasteiger partial charge in [-0.15, -0.1) is 11.6 Å². The van der Waals surface area contributed by atoms with Crippen molar-refractivity contribution in [1.29, 1.82) is 0 Å². The summed E-state index contributed by atoms with van der Waals surface area (Å²) in [6.07, 6.45) is 25.9. The Morgan fingerprint density at radius 3 is 0.957 bits per heavy atom. The topological polar surface area (TPSA) is 56.7 Å². The molecule has 0 aromatic heterocycles. The van der Waals surface area contributed by atoms with Gasteiger partial charge in [0.25, 0.3) is 5.69 Å². The molecule has 0 radical (unpaired) electrons. The Bertz CT molecular complexity index is 2730. The Kier molecular flexibility index (Phi) is 56.3. The second-order valence-corrected chi connectivity index (χ2v) is 25.6. The van der Waals surface area contributed by atoms with Crippen molar-refractivity contribution in [2.45, 2.75) is 166 Å². The number of nitrogens with zero attached hydrogens (tertiary/aromatic N) is 2. The van der Waals surface area contributed by atoms with Crippen LogP contribution in [0.4, 0.5) is 20.2 Å². The molecular formula is C83H102Br2Cl2F2N2O3. The van der Waals surface area contributed by atoms with Crippen molar-refractivity contribution in [1.82, 2.24) is 0 Å². The van der Waals surface area contributed by atoms with Crippen molar-refractivity contribution < 1.29 is 18.4 Å². The largest absolute Gasteiger partial charge is 0.497 e. The van der Waals surface area contributed by atoms with Crippen LogP contribution in [0, 0.1) is 42.3 Å². The van der Waals surface area contributed by atoms with Gasteiger partial charge in [0.1, 0.15) is 17.7 Å². The number of benzene rings is 9. The smallest absolute Gasteiger partial charge is 0.269 e. The zero-order valence-corrected chi connectivity index (χ0v) is 60.6. The number of rotatable bonds is 2. The minimum atomic E-state index is -0.464. The van der Waals surface area contributed by atoms with Crippen LogP contribution in [0.5, 0.6) is 5.75 Å². The second-order valence-electron chi connectivity index (χ2n) is 22.4. The normalized spacial score (nSPS) is 13.5. The highest BCUT2D eigenvalue weighted by atomic mass is 79.9. The summed E-state index contributed by atoms with van der Waals surface area (Å²) in [5.74, 6) is 1.77. The van der Waals surface area contributed by atoms with Gasteiger partial charge < -0.3 is 4.74 Å². The standard InChI is InChI=1S/C7H5N.C7H8O.C7H14.2C7H8.C6H11Br.C6H5Br.C6H11Cl.C6H5Cl.C6H11F.C6H5F.C6H5NO2.C6H6/c2*1-8-7-5-3-2-4-6-7;3*1-7-5-3-2-4-6-7;6*7-6-4-2-1-3-5-6;8-7(9)6-4-2-1-3-5-6;1-2-4-6-5-3-1/h2-6H;2-6H,1H3;7H,2-6H2,1H3;2*2-6H,1H3;6H,1-5H2;1-5H;6H,1-5H2;1-5H;6H,1-5H2;1-5H;1-5H;1-6H. The molecule has 0 atom stereocenters. The number of halogens is 6. The third-order valence-electron chi connectivity index (χ3n) is 14.1. The molecule has 504 valence electrons.